The van der Waals surface area contributed by atoms with Gasteiger partial charge >= 0.3 is 0 Å². The van der Waals surface area contributed by atoms with Crippen LogP contribution in [-0.2, 0) is 0 Å². The monoisotopic (exact) mass is 232 g/mol. The van der Waals surface area contributed by atoms with Crippen molar-refractivity contribution < 1.29 is 4.74 Å². The molecule has 0 aliphatic heterocycles. The molecule has 0 aromatic carbocycles. The maximum absolute atomic E-state index is 9.00. The van der Waals surface area contributed by atoms with Gasteiger partial charge in [0.1, 0.15) is 11.6 Å². The first-order valence-corrected chi connectivity index (χ1v) is 6.28. The molecule has 0 aliphatic rings. The topological polar surface area (TPSA) is 45.9 Å². The van der Waals surface area contributed by atoms with Crippen molar-refractivity contribution in [3.05, 3.63) is 23.4 Å². The van der Waals surface area contributed by atoms with Crippen LogP contribution in [0.3, 0.4) is 0 Å². The zero-order valence-corrected chi connectivity index (χ0v) is 10.7. The van der Waals surface area contributed by atoms with Gasteiger partial charge in [-0.1, -0.05) is 32.6 Å². The standard InChI is InChI=1S/C14H20N2O/c1-3-4-5-6-7-10-17-14-13(11-15)12(2)8-9-16-14/h8-9H,3-7,10H2,1-2H3. The Bertz CT molecular complexity index is 382. The Morgan fingerprint density at radius 3 is 2.76 bits per heavy atom. The Hall–Kier alpha value is -1.56. The second kappa shape index (κ2) is 7.67. The van der Waals surface area contributed by atoms with E-state index >= 15 is 0 Å². The van der Waals surface area contributed by atoms with Crippen molar-refractivity contribution in [2.75, 3.05) is 6.61 Å². The van der Waals surface area contributed by atoms with Gasteiger partial charge in [0.15, 0.2) is 0 Å². The number of hydrogen-bond donors (Lipinski definition) is 0. The van der Waals surface area contributed by atoms with Crippen molar-refractivity contribution in [3.8, 4) is 11.9 Å². The maximum atomic E-state index is 9.00. The minimum absolute atomic E-state index is 0.475. The van der Waals surface area contributed by atoms with Crippen molar-refractivity contribution in [1.82, 2.24) is 4.98 Å². The van der Waals surface area contributed by atoms with E-state index in [2.05, 4.69) is 18.0 Å². The fraction of sp³-hybridized carbons (Fsp3) is 0.571. The quantitative estimate of drug-likeness (QED) is 0.674. The van der Waals surface area contributed by atoms with Crippen molar-refractivity contribution in [2.45, 2.75) is 46.0 Å². The zero-order valence-electron chi connectivity index (χ0n) is 10.7. The Balaban J connectivity index is 2.37. The van der Waals surface area contributed by atoms with Gasteiger partial charge in [-0.25, -0.2) is 4.98 Å². The lowest BCUT2D eigenvalue weighted by atomic mass is 10.1. The van der Waals surface area contributed by atoms with Crippen LogP contribution in [0.25, 0.3) is 0 Å². The molecule has 3 nitrogen and oxygen atoms in total. The number of ether oxygens (including phenoxy) is 1. The van der Waals surface area contributed by atoms with E-state index in [1.807, 2.05) is 13.0 Å². The average molecular weight is 232 g/mol. The van der Waals surface area contributed by atoms with Crippen LogP contribution in [0.5, 0.6) is 5.88 Å². The van der Waals surface area contributed by atoms with Gasteiger partial charge in [0.25, 0.3) is 0 Å². The third-order valence-corrected chi connectivity index (χ3v) is 2.72. The summed E-state index contributed by atoms with van der Waals surface area (Å²) in [5, 5.41) is 9.00. The summed E-state index contributed by atoms with van der Waals surface area (Å²) in [5.74, 6) is 0.475. The van der Waals surface area contributed by atoms with E-state index < -0.39 is 0 Å². The molecular formula is C14H20N2O. The van der Waals surface area contributed by atoms with E-state index in [0.717, 1.165) is 12.0 Å². The highest BCUT2D eigenvalue weighted by Gasteiger charge is 2.06. The first-order valence-electron chi connectivity index (χ1n) is 6.28. The molecule has 1 aromatic rings. The molecule has 0 fully saturated rings. The summed E-state index contributed by atoms with van der Waals surface area (Å²) in [7, 11) is 0. The largest absolute Gasteiger partial charge is 0.477 e. The van der Waals surface area contributed by atoms with Crippen LogP contribution in [0.2, 0.25) is 0 Å². The fourth-order valence-corrected chi connectivity index (χ4v) is 1.65. The lowest BCUT2D eigenvalue weighted by Gasteiger charge is -2.07. The number of hydrogen-bond acceptors (Lipinski definition) is 3. The molecule has 0 spiro atoms. The molecule has 17 heavy (non-hydrogen) atoms. The van der Waals surface area contributed by atoms with Crippen LogP contribution >= 0.6 is 0 Å². The van der Waals surface area contributed by atoms with E-state index in [9.17, 15) is 0 Å². The van der Waals surface area contributed by atoms with Crippen molar-refractivity contribution in [3.63, 3.8) is 0 Å². The highest BCUT2D eigenvalue weighted by atomic mass is 16.5. The van der Waals surface area contributed by atoms with Gasteiger partial charge in [-0.2, -0.15) is 5.26 Å². The normalized spacial score (nSPS) is 9.94. The van der Waals surface area contributed by atoms with Crippen molar-refractivity contribution >= 4 is 0 Å². The first kappa shape index (κ1) is 13.5. The molecule has 0 saturated carbocycles. The molecule has 0 bridgehead atoms. The molecule has 1 heterocycles. The lowest BCUT2D eigenvalue weighted by molar-refractivity contribution is 0.292. The summed E-state index contributed by atoms with van der Waals surface area (Å²) in [6, 6.07) is 3.96. The number of aryl methyl sites for hydroxylation is 1. The molecule has 0 saturated heterocycles. The van der Waals surface area contributed by atoms with Crippen LogP contribution in [0.4, 0.5) is 0 Å². The number of rotatable bonds is 7. The van der Waals surface area contributed by atoms with Gasteiger partial charge in [-0.15, -0.1) is 0 Å². The summed E-state index contributed by atoms with van der Waals surface area (Å²) < 4.78 is 5.56. The molecule has 0 N–H and O–H groups in total. The van der Waals surface area contributed by atoms with Crippen LogP contribution in [-0.4, -0.2) is 11.6 Å². The summed E-state index contributed by atoms with van der Waals surface area (Å²) in [6.07, 6.45) is 7.68. The van der Waals surface area contributed by atoms with Crippen LogP contribution < -0.4 is 4.74 Å². The van der Waals surface area contributed by atoms with E-state index in [0.29, 0.717) is 18.1 Å². The summed E-state index contributed by atoms with van der Waals surface area (Å²) in [5.41, 5.74) is 1.48. The SMILES string of the molecule is CCCCCCCOc1nccc(C)c1C#N. The highest BCUT2D eigenvalue weighted by Crippen LogP contribution is 2.17. The highest BCUT2D eigenvalue weighted by molar-refractivity contribution is 5.43. The second-order valence-corrected chi connectivity index (χ2v) is 4.18. The van der Waals surface area contributed by atoms with E-state index in [1.54, 1.807) is 6.20 Å². The van der Waals surface area contributed by atoms with Gasteiger partial charge in [-0.05, 0) is 25.0 Å². The molecule has 0 unspecified atom stereocenters. The number of nitriles is 1. The van der Waals surface area contributed by atoms with Crippen molar-refractivity contribution in [2.24, 2.45) is 0 Å². The maximum Gasteiger partial charge on any atom is 0.231 e. The van der Waals surface area contributed by atoms with Gasteiger partial charge < -0.3 is 4.74 Å². The Labute approximate surface area is 103 Å². The third-order valence-electron chi connectivity index (χ3n) is 2.72. The predicted octanol–water partition coefficient (Wildman–Crippen LogP) is 3.61. The van der Waals surface area contributed by atoms with Gasteiger partial charge in [0.05, 0.1) is 6.61 Å². The molecule has 0 amide bonds. The molecule has 0 atom stereocenters. The van der Waals surface area contributed by atoms with Crippen LogP contribution in [0.1, 0.15) is 50.2 Å². The fourth-order valence-electron chi connectivity index (χ4n) is 1.65. The number of pyridine rings is 1. The van der Waals surface area contributed by atoms with E-state index in [1.165, 1.54) is 25.7 Å². The molecule has 0 radical (unpaired) electrons. The molecular weight excluding hydrogens is 212 g/mol. The first-order chi connectivity index (χ1) is 8.29. The number of unbranched alkanes of at least 4 members (excludes halogenated alkanes) is 4. The third kappa shape index (κ3) is 4.44. The van der Waals surface area contributed by atoms with E-state index in [4.69, 9.17) is 10.00 Å². The summed E-state index contributed by atoms with van der Waals surface area (Å²) >= 11 is 0. The minimum atomic E-state index is 0.475. The van der Waals surface area contributed by atoms with Crippen LogP contribution in [0.15, 0.2) is 12.3 Å². The molecule has 92 valence electrons. The summed E-state index contributed by atoms with van der Waals surface area (Å²) in [6.45, 7) is 4.75. The minimum Gasteiger partial charge on any atom is -0.477 e. The number of nitrogens with zero attached hydrogens (tertiary/aromatic N) is 2. The van der Waals surface area contributed by atoms with Gasteiger partial charge in [0.2, 0.25) is 5.88 Å². The second-order valence-electron chi connectivity index (χ2n) is 4.18. The Morgan fingerprint density at radius 2 is 2.06 bits per heavy atom. The lowest BCUT2D eigenvalue weighted by Crippen LogP contribution is -2.02. The Morgan fingerprint density at radius 1 is 1.29 bits per heavy atom. The number of aromatic nitrogens is 1. The van der Waals surface area contributed by atoms with Gasteiger partial charge in [-0.3, -0.25) is 0 Å². The Kier molecular flexibility index (Phi) is 6.09. The van der Waals surface area contributed by atoms with Crippen molar-refractivity contribution in [1.29, 1.82) is 5.26 Å². The predicted molar refractivity (Wildman–Crippen MR) is 67.9 cm³/mol. The molecule has 1 rings (SSSR count). The smallest absolute Gasteiger partial charge is 0.231 e. The van der Waals surface area contributed by atoms with E-state index in [-0.39, 0.29) is 0 Å². The average Bonchev–Trinajstić information content (AvgIpc) is 2.34. The van der Waals surface area contributed by atoms with Crippen LogP contribution in [0, 0.1) is 18.3 Å². The van der Waals surface area contributed by atoms with Gasteiger partial charge in [0, 0.05) is 6.20 Å². The zero-order chi connectivity index (χ0) is 12.5. The molecule has 1 aromatic heterocycles. The molecule has 3 heteroatoms. The summed E-state index contributed by atoms with van der Waals surface area (Å²) in [4.78, 5) is 4.10. The molecule has 0 aliphatic carbocycles.